The summed E-state index contributed by atoms with van der Waals surface area (Å²) in [6, 6.07) is 1.77. The third-order valence-corrected chi connectivity index (χ3v) is 2.18. The predicted octanol–water partition coefficient (Wildman–Crippen LogP) is 1.78. The zero-order valence-corrected chi connectivity index (χ0v) is 9.41. The number of carbonyl (C=O) groups is 1. The zero-order chi connectivity index (χ0) is 11.3. The summed E-state index contributed by atoms with van der Waals surface area (Å²) in [6.07, 6.45) is 2.45. The molecule has 0 aliphatic heterocycles. The highest BCUT2D eigenvalue weighted by atomic mass is 16.5. The minimum atomic E-state index is -0.331. The second-order valence-electron chi connectivity index (χ2n) is 3.29. The Kier molecular flexibility index (Phi) is 4.21. The van der Waals surface area contributed by atoms with Crippen molar-refractivity contribution in [2.45, 2.75) is 33.1 Å². The Hall–Kier alpha value is -1.45. The van der Waals surface area contributed by atoms with E-state index >= 15 is 0 Å². The van der Waals surface area contributed by atoms with Crippen molar-refractivity contribution in [3.8, 4) is 0 Å². The molecule has 1 rings (SSSR count). The first-order chi connectivity index (χ1) is 7.22. The van der Waals surface area contributed by atoms with Gasteiger partial charge in [0.05, 0.1) is 24.1 Å². The molecular formula is C11H16N2O2. The fourth-order valence-electron chi connectivity index (χ4n) is 1.34. The Morgan fingerprint density at radius 3 is 2.67 bits per heavy atom. The average Bonchev–Trinajstić information content (AvgIpc) is 2.29. The van der Waals surface area contributed by atoms with Crippen molar-refractivity contribution in [3.05, 3.63) is 23.0 Å². The lowest BCUT2D eigenvalue weighted by atomic mass is 10.1. The predicted molar refractivity (Wildman–Crippen MR) is 56.7 cm³/mol. The van der Waals surface area contributed by atoms with Gasteiger partial charge in [-0.2, -0.15) is 10.2 Å². The number of aryl methyl sites for hydroxylation is 2. The molecule has 0 atom stereocenters. The van der Waals surface area contributed by atoms with E-state index in [1.807, 2.05) is 13.8 Å². The van der Waals surface area contributed by atoms with Crippen LogP contribution < -0.4 is 0 Å². The maximum Gasteiger partial charge on any atom is 0.339 e. The molecule has 4 nitrogen and oxygen atoms in total. The second-order valence-corrected chi connectivity index (χ2v) is 3.29. The molecule has 0 aliphatic carbocycles. The molecule has 82 valence electrons. The van der Waals surface area contributed by atoms with Crippen LogP contribution in [-0.2, 0) is 17.6 Å². The molecule has 0 saturated heterocycles. The van der Waals surface area contributed by atoms with Gasteiger partial charge in [0.15, 0.2) is 0 Å². The molecule has 0 aromatic carbocycles. The number of ether oxygens (including phenoxy) is 1. The van der Waals surface area contributed by atoms with Gasteiger partial charge in [-0.05, 0) is 18.9 Å². The summed E-state index contributed by atoms with van der Waals surface area (Å²) < 4.78 is 4.72. The molecular weight excluding hydrogens is 192 g/mol. The zero-order valence-electron chi connectivity index (χ0n) is 9.41. The van der Waals surface area contributed by atoms with Crippen molar-refractivity contribution in [1.82, 2.24) is 10.2 Å². The average molecular weight is 208 g/mol. The lowest BCUT2D eigenvalue weighted by molar-refractivity contribution is 0.0598. The Balaban J connectivity index is 3.10. The van der Waals surface area contributed by atoms with Crippen LogP contribution in [0.3, 0.4) is 0 Å². The van der Waals surface area contributed by atoms with Crippen molar-refractivity contribution >= 4 is 5.97 Å². The van der Waals surface area contributed by atoms with Crippen LogP contribution in [0.5, 0.6) is 0 Å². The summed E-state index contributed by atoms with van der Waals surface area (Å²) in [5.41, 5.74) is 2.09. The maximum absolute atomic E-state index is 11.5. The van der Waals surface area contributed by atoms with E-state index in [9.17, 15) is 4.79 Å². The number of carbonyl (C=O) groups excluding carboxylic acids is 1. The molecule has 4 heteroatoms. The van der Waals surface area contributed by atoms with E-state index in [4.69, 9.17) is 4.74 Å². The first-order valence-corrected chi connectivity index (χ1v) is 5.16. The number of hydrogen-bond donors (Lipinski definition) is 0. The summed E-state index contributed by atoms with van der Waals surface area (Å²) in [6.45, 7) is 4.01. The van der Waals surface area contributed by atoms with E-state index in [2.05, 4.69) is 10.2 Å². The standard InChI is InChI=1S/C11H16N2O2/c1-4-6-10-9(11(14)15-3)7-8(5-2)12-13-10/h7H,4-6H2,1-3H3. The number of nitrogens with zero attached hydrogens (tertiary/aromatic N) is 2. The Morgan fingerprint density at radius 2 is 2.13 bits per heavy atom. The molecule has 1 aromatic rings. The molecule has 0 N–H and O–H groups in total. The van der Waals surface area contributed by atoms with Crippen molar-refractivity contribution < 1.29 is 9.53 Å². The SMILES string of the molecule is CCCc1nnc(CC)cc1C(=O)OC. The molecule has 0 radical (unpaired) electrons. The van der Waals surface area contributed by atoms with Crippen LogP contribution in [0.25, 0.3) is 0 Å². The van der Waals surface area contributed by atoms with E-state index in [1.165, 1.54) is 7.11 Å². The van der Waals surface area contributed by atoms with Gasteiger partial charge in [0.1, 0.15) is 0 Å². The maximum atomic E-state index is 11.5. The summed E-state index contributed by atoms with van der Waals surface area (Å²) in [4.78, 5) is 11.5. The van der Waals surface area contributed by atoms with Crippen molar-refractivity contribution in [2.75, 3.05) is 7.11 Å². The molecule has 0 aliphatic rings. The van der Waals surface area contributed by atoms with Crippen LogP contribution >= 0.6 is 0 Å². The number of hydrogen-bond acceptors (Lipinski definition) is 4. The smallest absolute Gasteiger partial charge is 0.339 e. The summed E-state index contributed by atoms with van der Waals surface area (Å²) in [5.74, 6) is -0.331. The molecule has 1 heterocycles. The van der Waals surface area contributed by atoms with Gasteiger partial charge >= 0.3 is 5.97 Å². The quantitative estimate of drug-likeness (QED) is 0.708. The Morgan fingerprint density at radius 1 is 1.40 bits per heavy atom. The van der Waals surface area contributed by atoms with Crippen molar-refractivity contribution in [3.63, 3.8) is 0 Å². The van der Waals surface area contributed by atoms with Gasteiger partial charge in [-0.1, -0.05) is 20.3 Å². The molecule has 0 spiro atoms. The first-order valence-electron chi connectivity index (χ1n) is 5.16. The topological polar surface area (TPSA) is 52.1 Å². The van der Waals surface area contributed by atoms with Crippen molar-refractivity contribution in [2.24, 2.45) is 0 Å². The molecule has 0 amide bonds. The van der Waals surface area contributed by atoms with Gasteiger partial charge in [0, 0.05) is 0 Å². The lowest BCUT2D eigenvalue weighted by Crippen LogP contribution is -2.10. The molecule has 1 aromatic heterocycles. The molecule has 0 bridgehead atoms. The number of esters is 1. The Labute approximate surface area is 89.7 Å². The Bertz CT molecular complexity index is 350. The number of methoxy groups -OCH3 is 1. The van der Waals surface area contributed by atoms with Crippen LogP contribution in [0.1, 0.15) is 42.0 Å². The first kappa shape index (κ1) is 11.6. The second kappa shape index (κ2) is 5.44. The van der Waals surface area contributed by atoms with Crippen LogP contribution in [-0.4, -0.2) is 23.3 Å². The van der Waals surface area contributed by atoms with Gasteiger partial charge in [0.25, 0.3) is 0 Å². The normalized spacial score (nSPS) is 10.1. The largest absolute Gasteiger partial charge is 0.465 e. The van der Waals surface area contributed by atoms with Gasteiger partial charge in [-0.25, -0.2) is 4.79 Å². The number of rotatable bonds is 4. The molecule has 0 saturated carbocycles. The molecule has 0 unspecified atom stereocenters. The minimum Gasteiger partial charge on any atom is -0.465 e. The fraction of sp³-hybridized carbons (Fsp3) is 0.545. The van der Waals surface area contributed by atoms with Crippen LogP contribution in [0.4, 0.5) is 0 Å². The van der Waals surface area contributed by atoms with Crippen LogP contribution in [0.2, 0.25) is 0 Å². The third kappa shape index (κ3) is 2.75. The highest BCUT2D eigenvalue weighted by molar-refractivity contribution is 5.90. The molecule has 0 fully saturated rings. The van der Waals surface area contributed by atoms with Crippen LogP contribution in [0, 0.1) is 0 Å². The summed E-state index contributed by atoms with van der Waals surface area (Å²) in [7, 11) is 1.38. The van der Waals surface area contributed by atoms with Crippen LogP contribution in [0.15, 0.2) is 6.07 Å². The van der Waals surface area contributed by atoms with Gasteiger partial charge < -0.3 is 4.74 Å². The number of aromatic nitrogens is 2. The summed E-state index contributed by atoms with van der Waals surface area (Å²) >= 11 is 0. The highest BCUT2D eigenvalue weighted by Gasteiger charge is 2.13. The minimum absolute atomic E-state index is 0.331. The van der Waals surface area contributed by atoms with E-state index in [0.29, 0.717) is 5.56 Å². The monoisotopic (exact) mass is 208 g/mol. The van der Waals surface area contributed by atoms with E-state index < -0.39 is 0 Å². The van der Waals surface area contributed by atoms with Gasteiger partial charge in [0.2, 0.25) is 0 Å². The van der Waals surface area contributed by atoms with E-state index in [0.717, 1.165) is 30.7 Å². The highest BCUT2D eigenvalue weighted by Crippen LogP contribution is 2.10. The van der Waals surface area contributed by atoms with Gasteiger partial charge in [-0.3, -0.25) is 0 Å². The third-order valence-electron chi connectivity index (χ3n) is 2.18. The van der Waals surface area contributed by atoms with Crippen molar-refractivity contribution in [1.29, 1.82) is 0 Å². The molecule has 15 heavy (non-hydrogen) atoms. The van der Waals surface area contributed by atoms with E-state index in [1.54, 1.807) is 6.07 Å². The fourth-order valence-corrected chi connectivity index (χ4v) is 1.34. The lowest BCUT2D eigenvalue weighted by Gasteiger charge is -2.06. The van der Waals surface area contributed by atoms with Gasteiger partial charge in [-0.15, -0.1) is 0 Å². The van der Waals surface area contributed by atoms with E-state index in [-0.39, 0.29) is 5.97 Å². The summed E-state index contributed by atoms with van der Waals surface area (Å²) in [5, 5.41) is 8.09.